The Morgan fingerprint density at radius 2 is 1.74 bits per heavy atom. The lowest BCUT2D eigenvalue weighted by atomic mass is 9.88. The Hall–Kier alpha value is -1.83. The van der Waals surface area contributed by atoms with Crippen LogP contribution in [0.4, 0.5) is 0 Å². The molecule has 1 atom stereocenters. The summed E-state index contributed by atoms with van der Waals surface area (Å²) < 4.78 is 0. The van der Waals surface area contributed by atoms with E-state index in [1.54, 1.807) is 0 Å². The number of carboxylic acid groups (broad SMARTS) is 1. The summed E-state index contributed by atoms with van der Waals surface area (Å²) in [6, 6.07) is 12.6. The number of carbonyl (C=O) groups is 1. The van der Waals surface area contributed by atoms with Crippen molar-refractivity contribution in [2.75, 3.05) is 0 Å². The van der Waals surface area contributed by atoms with Gasteiger partial charge < -0.3 is 5.11 Å². The van der Waals surface area contributed by atoms with E-state index in [1.165, 1.54) is 16.3 Å². The smallest absolute Gasteiger partial charge is 0.307 e. The van der Waals surface area contributed by atoms with Gasteiger partial charge in [0.25, 0.3) is 0 Å². The van der Waals surface area contributed by atoms with Gasteiger partial charge in [-0.2, -0.15) is 0 Å². The number of rotatable bonds is 4. The molecule has 19 heavy (non-hydrogen) atoms. The summed E-state index contributed by atoms with van der Waals surface area (Å²) in [5.41, 5.74) is 2.34. The van der Waals surface area contributed by atoms with Crippen molar-refractivity contribution >= 4 is 16.7 Å². The quantitative estimate of drug-likeness (QED) is 0.896. The average Bonchev–Trinajstić information content (AvgIpc) is 2.35. The van der Waals surface area contributed by atoms with E-state index in [1.807, 2.05) is 19.9 Å². The number of carboxylic acids is 1. The van der Waals surface area contributed by atoms with Crippen LogP contribution in [-0.4, -0.2) is 11.1 Å². The van der Waals surface area contributed by atoms with Gasteiger partial charge in [-0.1, -0.05) is 55.8 Å². The van der Waals surface area contributed by atoms with Crippen molar-refractivity contribution in [2.45, 2.75) is 27.2 Å². The molecule has 0 aromatic heterocycles. The second-order valence-electron chi connectivity index (χ2n) is 5.58. The fourth-order valence-electron chi connectivity index (χ4n) is 2.40. The van der Waals surface area contributed by atoms with E-state index in [9.17, 15) is 9.90 Å². The number of fused-ring (bicyclic) bond motifs is 1. The van der Waals surface area contributed by atoms with Crippen molar-refractivity contribution in [3.8, 4) is 0 Å². The lowest BCUT2D eigenvalue weighted by molar-refractivity contribution is -0.143. The Labute approximate surface area is 114 Å². The van der Waals surface area contributed by atoms with Gasteiger partial charge in [-0.05, 0) is 35.6 Å². The monoisotopic (exact) mass is 256 g/mol. The summed E-state index contributed by atoms with van der Waals surface area (Å²) in [6.45, 7) is 6.00. The van der Waals surface area contributed by atoms with Crippen LogP contribution in [0, 0.1) is 18.8 Å². The van der Waals surface area contributed by atoms with E-state index in [0.717, 1.165) is 5.56 Å². The Bertz CT molecular complexity index is 599. The highest BCUT2D eigenvalue weighted by atomic mass is 16.4. The maximum absolute atomic E-state index is 11.3. The number of aryl methyl sites for hydroxylation is 1. The van der Waals surface area contributed by atoms with Gasteiger partial charge in [0.1, 0.15) is 0 Å². The van der Waals surface area contributed by atoms with Crippen molar-refractivity contribution in [3.05, 3.63) is 47.5 Å². The molecule has 2 rings (SSSR count). The van der Waals surface area contributed by atoms with E-state index in [2.05, 4.69) is 37.3 Å². The van der Waals surface area contributed by atoms with Crippen LogP contribution in [0.2, 0.25) is 0 Å². The first-order valence-corrected chi connectivity index (χ1v) is 6.69. The summed E-state index contributed by atoms with van der Waals surface area (Å²) in [6.07, 6.45) is 0.594. The Morgan fingerprint density at radius 3 is 2.37 bits per heavy atom. The molecule has 2 aromatic rings. The van der Waals surface area contributed by atoms with Gasteiger partial charge in [0.05, 0.1) is 5.92 Å². The van der Waals surface area contributed by atoms with E-state index in [0.29, 0.717) is 6.42 Å². The third-order valence-electron chi connectivity index (χ3n) is 3.64. The maximum Gasteiger partial charge on any atom is 0.307 e. The van der Waals surface area contributed by atoms with Crippen LogP contribution in [0.3, 0.4) is 0 Å². The van der Waals surface area contributed by atoms with Gasteiger partial charge in [0, 0.05) is 0 Å². The summed E-state index contributed by atoms with van der Waals surface area (Å²) in [4.78, 5) is 11.3. The molecule has 0 heterocycles. The normalized spacial score (nSPS) is 12.8. The zero-order valence-electron chi connectivity index (χ0n) is 11.7. The molecule has 0 saturated heterocycles. The van der Waals surface area contributed by atoms with Crippen LogP contribution in [0.5, 0.6) is 0 Å². The number of hydrogen-bond donors (Lipinski definition) is 1. The summed E-state index contributed by atoms with van der Waals surface area (Å²) >= 11 is 0. The molecule has 0 aliphatic rings. The minimum atomic E-state index is -0.709. The first kappa shape index (κ1) is 13.6. The highest BCUT2D eigenvalue weighted by Crippen LogP contribution is 2.22. The van der Waals surface area contributed by atoms with E-state index < -0.39 is 5.97 Å². The molecule has 0 saturated carbocycles. The van der Waals surface area contributed by atoms with Crippen molar-refractivity contribution in [1.82, 2.24) is 0 Å². The molecule has 100 valence electrons. The maximum atomic E-state index is 11.3. The van der Waals surface area contributed by atoms with Gasteiger partial charge in [-0.15, -0.1) is 0 Å². The molecule has 0 bridgehead atoms. The Balaban J connectivity index is 2.31. The minimum absolute atomic E-state index is 0.145. The lowest BCUT2D eigenvalue weighted by Gasteiger charge is -2.16. The first-order chi connectivity index (χ1) is 8.97. The molecule has 2 aromatic carbocycles. The molecule has 0 aliphatic heterocycles. The predicted molar refractivity (Wildman–Crippen MR) is 78.4 cm³/mol. The standard InChI is InChI=1S/C17H20O2/c1-11(2)16(17(18)19)10-13-5-7-14-8-12(3)4-6-15(14)9-13/h4-9,11,16H,10H2,1-3H3,(H,18,19). The third kappa shape index (κ3) is 3.14. The lowest BCUT2D eigenvalue weighted by Crippen LogP contribution is -2.22. The highest BCUT2D eigenvalue weighted by molar-refractivity contribution is 5.84. The summed E-state index contributed by atoms with van der Waals surface area (Å²) in [5.74, 6) is -0.881. The minimum Gasteiger partial charge on any atom is -0.481 e. The van der Waals surface area contributed by atoms with Crippen LogP contribution in [0.1, 0.15) is 25.0 Å². The molecule has 0 aliphatic carbocycles. The fraction of sp³-hybridized carbons (Fsp3) is 0.353. The zero-order chi connectivity index (χ0) is 14.0. The van der Waals surface area contributed by atoms with Crippen molar-refractivity contribution in [1.29, 1.82) is 0 Å². The van der Waals surface area contributed by atoms with Gasteiger partial charge in [-0.25, -0.2) is 0 Å². The molecule has 1 unspecified atom stereocenters. The molecule has 0 spiro atoms. The van der Waals surface area contributed by atoms with Gasteiger partial charge >= 0.3 is 5.97 Å². The van der Waals surface area contributed by atoms with E-state index >= 15 is 0 Å². The zero-order valence-corrected chi connectivity index (χ0v) is 11.7. The van der Waals surface area contributed by atoms with Crippen LogP contribution < -0.4 is 0 Å². The number of benzene rings is 2. The van der Waals surface area contributed by atoms with E-state index in [4.69, 9.17) is 0 Å². The molecule has 0 fully saturated rings. The molecule has 0 radical (unpaired) electrons. The summed E-state index contributed by atoms with van der Waals surface area (Å²) in [5, 5.41) is 11.6. The average molecular weight is 256 g/mol. The van der Waals surface area contributed by atoms with Crippen molar-refractivity contribution in [2.24, 2.45) is 11.8 Å². The molecular weight excluding hydrogens is 236 g/mol. The van der Waals surface area contributed by atoms with E-state index in [-0.39, 0.29) is 11.8 Å². The summed E-state index contributed by atoms with van der Waals surface area (Å²) in [7, 11) is 0. The van der Waals surface area contributed by atoms with Crippen LogP contribution in [0.15, 0.2) is 36.4 Å². The molecular formula is C17H20O2. The number of aliphatic carboxylic acids is 1. The molecule has 0 amide bonds. The highest BCUT2D eigenvalue weighted by Gasteiger charge is 2.21. The topological polar surface area (TPSA) is 37.3 Å². The largest absolute Gasteiger partial charge is 0.481 e. The van der Waals surface area contributed by atoms with Gasteiger partial charge in [0.2, 0.25) is 0 Å². The molecule has 2 nitrogen and oxygen atoms in total. The van der Waals surface area contributed by atoms with Crippen molar-refractivity contribution in [3.63, 3.8) is 0 Å². The van der Waals surface area contributed by atoms with Crippen LogP contribution in [-0.2, 0) is 11.2 Å². The molecule has 1 N–H and O–H groups in total. The predicted octanol–water partition coefficient (Wildman–Crippen LogP) is 4.05. The SMILES string of the molecule is Cc1ccc2cc(CC(C(=O)O)C(C)C)ccc2c1. The van der Waals surface area contributed by atoms with Gasteiger partial charge in [0.15, 0.2) is 0 Å². The second-order valence-corrected chi connectivity index (χ2v) is 5.58. The Kier molecular flexibility index (Phi) is 3.89. The third-order valence-corrected chi connectivity index (χ3v) is 3.64. The number of hydrogen-bond acceptors (Lipinski definition) is 1. The second kappa shape index (κ2) is 5.43. The van der Waals surface area contributed by atoms with Crippen molar-refractivity contribution < 1.29 is 9.90 Å². The van der Waals surface area contributed by atoms with Gasteiger partial charge in [-0.3, -0.25) is 4.79 Å². The van der Waals surface area contributed by atoms with Crippen LogP contribution in [0.25, 0.3) is 10.8 Å². The van der Waals surface area contributed by atoms with Crippen LogP contribution >= 0.6 is 0 Å². The molecule has 2 heteroatoms. The first-order valence-electron chi connectivity index (χ1n) is 6.69. The fourth-order valence-corrected chi connectivity index (χ4v) is 2.40. The Morgan fingerprint density at radius 1 is 1.11 bits per heavy atom.